The van der Waals surface area contributed by atoms with E-state index in [4.69, 9.17) is 0 Å². The maximum absolute atomic E-state index is 14.6. The molecular weight excluding hydrogens is 826 g/mol. The fraction of sp³-hybridized carbons (Fsp3) is 0.700. The minimum atomic E-state index is -5.21. The Kier molecular flexibility index (Phi) is 3.76. The van der Waals surface area contributed by atoms with Gasteiger partial charge in [-0.25, -0.2) is 0 Å². The molecule has 0 N–H and O–H groups in total. The first kappa shape index (κ1) is 33.8. The Morgan fingerprint density at radius 2 is 0.855 bits per heavy atom. The Morgan fingerprint density at radius 1 is 0.509 bits per heavy atom. The summed E-state index contributed by atoms with van der Waals surface area (Å²) in [6.07, 6.45) is -9.66. The zero-order valence-electron chi connectivity index (χ0n) is 29.7. The van der Waals surface area contributed by atoms with Gasteiger partial charge in [0.15, 0.2) is 0 Å². The molecule has 0 aromatic heterocycles. The first-order valence-corrected chi connectivity index (χ1v) is 28.9. The molecule has 12 aliphatic rings. The van der Waals surface area contributed by atoms with Gasteiger partial charge >= 0.3 is 304 Å². The van der Waals surface area contributed by atoms with Crippen molar-refractivity contribution in [2.75, 3.05) is 0 Å². The molecule has 10 saturated heterocycles. The van der Waals surface area contributed by atoms with E-state index in [0.29, 0.717) is 69.3 Å². The Labute approximate surface area is 303 Å². The number of hydrogen-bond acceptors (Lipinski definition) is 0. The zero-order chi connectivity index (χ0) is 38.6. The molecule has 302 valence electrons. The molecule has 0 nitrogen and oxygen atoms in total. The summed E-state index contributed by atoms with van der Waals surface area (Å²) >= 11 is 0. The van der Waals surface area contributed by atoms with Crippen LogP contribution < -0.4 is 10.6 Å². The molecule has 15 heteroatoms. The fourth-order valence-electron chi connectivity index (χ4n) is 25.0. The van der Waals surface area contributed by atoms with Gasteiger partial charge in [-0.2, -0.15) is 0 Å². The van der Waals surface area contributed by atoms with E-state index in [9.17, 15) is 52.7 Å². The van der Waals surface area contributed by atoms with E-state index in [1.807, 2.05) is 0 Å². The summed E-state index contributed by atoms with van der Waals surface area (Å²) in [6.45, 7) is -2.77. The zero-order valence-corrected chi connectivity index (χ0v) is 32.6. The van der Waals surface area contributed by atoms with Gasteiger partial charge in [0, 0.05) is 0 Å². The Bertz CT molecular complexity index is 2340. The summed E-state index contributed by atoms with van der Waals surface area (Å²) in [6, 6.07) is 2.89. The number of fused-ring (bicyclic) bond motifs is 10. The second-order valence-corrected chi connectivity index (χ2v) is 50.5. The Morgan fingerprint density at radius 3 is 1.15 bits per heavy atom. The van der Waals surface area contributed by atoms with Crippen LogP contribution in [0, 0.1) is 0 Å². The van der Waals surface area contributed by atoms with Gasteiger partial charge < -0.3 is 0 Å². The van der Waals surface area contributed by atoms with Crippen LogP contribution in [0.2, 0.25) is 42.8 Å². The monoisotopic (exact) mass is 866 g/mol. The molecule has 0 amide bonds. The summed E-state index contributed by atoms with van der Waals surface area (Å²) in [5.41, 5.74) is -5.01. The first-order chi connectivity index (χ1) is 25.4. The standard InChI is InChI=1S/C35H35F12P2.C5H5.Fe/c1-21(48(26-9-4-2-5-10-26)27-11-6-3-7-12-27)30-13-8-14-31(30)49(28-17-22(32(36,37)38)15-23(18-28)33(39,40)41)29-19-24(34(42,43)44)16-25(20-29)35(45,46)47;1-2-4-5-3-1;/h8,13-21,26-27H,2-7,9-12H2,1H3;1-5H;. The summed E-state index contributed by atoms with van der Waals surface area (Å²) in [4.78, 5) is 3.30. The van der Waals surface area contributed by atoms with Crippen molar-refractivity contribution in [3.8, 4) is 0 Å². The van der Waals surface area contributed by atoms with E-state index in [1.54, 1.807) is 0 Å². The molecule has 2 aromatic rings. The van der Waals surface area contributed by atoms with Gasteiger partial charge in [0.25, 0.3) is 0 Å². The molecule has 12 fully saturated rings. The van der Waals surface area contributed by atoms with Crippen molar-refractivity contribution in [3.63, 3.8) is 0 Å². The molecular formula is C40H40F12FeP2. The van der Waals surface area contributed by atoms with Crippen LogP contribution in [0.3, 0.4) is 0 Å². The maximum atomic E-state index is 14.6. The number of hydrogen-bond donors (Lipinski definition) is 0. The van der Waals surface area contributed by atoms with Crippen LogP contribution in [0.5, 0.6) is 0 Å². The Balaban J connectivity index is 1.06. The number of halogens is 12. The summed E-state index contributed by atoms with van der Waals surface area (Å²) < 4.78 is 175. The predicted molar refractivity (Wildman–Crippen MR) is 185 cm³/mol. The van der Waals surface area contributed by atoms with Crippen LogP contribution in [0.1, 0.15) is 93.4 Å². The van der Waals surface area contributed by atoms with E-state index in [0.717, 1.165) is 64.2 Å². The van der Waals surface area contributed by atoms with Crippen molar-refractivity contribution >= 4 is 26.5 Å². The quantitative estimate of drug-likeness (QED) is 0.148. The molecule has 6 atom stereocenters. The number of benzene rings is 2. The third-order valence-corrected chi connectivity index (χ3v) is 78.3. The van der Waals surface area contributed by atoms with Crippen molar-refractivity contribution in [2.45, 2.75) is 160 Å². The van der Waals surface area contributed by atoms with Crippen LogP contribution in [0.15, 0.2) is 36.4 Å². The fourth-order valence-corrected chi connectivity index (χ4v) is 124. The van der Waals surface area contributed by atoms with Crippen molar-refractivity contribution in [1.82, 2.24) is 0 Å². The van der Waals surface area contributed by atoms with Gasteiger partial charge in [-0.05, 0) is 0 Å². The molecule has 10 aliphatic heterocycles. The summed E-state index contributed by atoms with van der Waals surface area (Å²) in [5, 5.41) is -0.632. The molecule has 1 spiro atoms. The molecule has 2 aromatic carbocycles. The average molecular weight is 867 g/mol. The number of alkyl halides is 12. The van der Waals surface area contributed by atoms with Gasteiger partial charge in [0.2, 0.25) is 0 Å². The summed E-state index contributed by atoms with van der Waals surface area (Å²) in [7, 11) is -3.08. The minimum absolute atomic E-state index is 0.0483. The molecule has 0 bridgehead atoms. The SMILES string of the molecule is CC(P(C1CCCCC1)C1CCCCC1)[C@]12[CH]3[CH]4[CH]5[C]1(P(c1cc(C(F)(F)F)cc(C(F)(F)F)c1)c1cc(C(F)(F)F)cc(C(F)(F)F)c1)[Fe]45321678[CH]2[CH]1[CH]6[CH]7[CH]28. The average Bonchev–Trinajstić information content (AvgIpc) is 4.06. The molecule has 0 radical (unpaired) electrons. The summed E-state index contributed by atoms with van der Waals surface area (Å²) in [5.74, 6) is 0. The first-order valence-electron chi connectivity index (χ1n) is 19.8. The third kappa shape index (κ3) is 1.33. The van der Waals surface area contributed by atoms with Crippen LogP contribution in [0.25, 0.3) is 0 Å². The van der Waals surface area contributed by atoms with Crippen LogP contribution >= 0.6 is 15.8 Å². The van der Waals surface area contributed by atoms with Crippen molar-refractivity contribution in [1.29, 1.82) is 0 Å². The predicted octanol–water partition coefficient (Wildman–Crippen LogP) is 14.4. The van der Waals surface area contributed by atoms with E-state index < -0.39 is 73.4 Å². The van der Waals surface area contributed by atoms with E-state index in [2.05, 4.69) is 6.92 Å². The van der Waals surface area contributed by atoms with Gasteiger partial charge in [-0.1, -0.05) is 0 Å². The molecule has 10 heterocycles. The number of rotatable bonds is 7. The van der Waals surface area contributed by atoms with Gasteiger partial charge in [-0.15, -0.1) is 0 Å². The van der Waals surface area contributed by atoms with Gasteiger partial charge in [-0.3, -0.25) is 0 Å². The van der Waals surface area contributed by atoms with Crippen molar-refractivity contribution < 1.29 is 59.2 Å². The second kappa shape index (κ2) is 6.12. The molecule has 5 unspecified atom stereocenters. The van der Waals surface area contributed by atoms with Gasteiger partial charge in [0.1, 0.15) is 0 Å². The second-order valence-electron chi connectivity index (χ2n) is 21.3. The molecule has 14 rings (SSSR count). The van der Waals surface area contributed by atoms with Crippen LogP contribution in [-0.4, -0.2) is 21.0 Å². The normalized spacial score (nSPS) is 52.6. The van der Waals surface area contributed by atoms with E-state index in [-0.39, 0.29) is 37.5 Å². The molecule has 55 heavy (non-hydrogen) atoms. The molecule has 2 aliphatic carbocycles. The topological polar surface area (TPSA) is 0 Å². The van der Waals surface area contributed by atoms with Crippen LogP contribution in [0.4, 0.5) is 52.7 Å². The van der Waals surface area contributed by atoms with E-state index >= 15 is 0 Å². The van der Waals surface area contributed by atoms with E-state index in [1.165, 1.54) is 0 Å². The van der Waals surface area contributed by atoms with Crippen molar-refractivity contribution in [3.05, 3.63) is 58.7 Å². The van der Waals surface area contributed by atoms with Crippen LogP contribution in [-0.2, 0) is 31.2 Å². The Hall–Kier alpha value is -1.02. The molecule has 2 saturated carbocycles. The van der Waals surface area contributed by atoms with Gasteiger partial charge in [0.05, 0.1) is 0 Å². The van der Waals surface area contributed by atoms with Crippen molar-refractivity contribution in [2.24, 2.45) is 0 Å². The third-order valence-electron chi connectivity index (χ3n) is 23.9.